The summed E-state index contributed by atoms with van der Waals surface area (Å²) in [6, 6.07) is 0. The number of amides is 1. The number of halogens is 3. The van der Waals surface area contributed by atoms with E-state index in [2.05, 4.69) is 32.1 Å². The third-order valence-corrected chi connectivity index (χ3v) is 6.89. The Balaban J connectivity index is 1.05. The van der Waals surface area contributed by atoms with Crippen molar-refractivity contribution in [2.24, 2.45) is 0 Å². The Morgan fingerprint density at radius 1 is 1.23 bits per heavy atom. The number of carbonyl (C=O) groups is 1. The Morgan fingerprint density at radius 2 is 1.93 bits per heavy atom. The molecule has 1 aromatic rings. The summed E-state index contributed by atoms with van der Waals surface area (Å²) in [4.78, 5) is 14.4. The smallest absolute Gasteiger partial charge is 0.424 e. The number of ether oxygens (including phenoxy) is 2. The van der Waals surface area contributed by atoms with Gasteiger partial charge < -0.3 is 14.5 Å². The van der Waals surface area contributed by atoms with Gasteiger partial charge in [-0.2, -0.15) is 0 Å². The van der Waals surface area contributed by atoms with Crippen molar-refractivity contribution in [3.63, 3.8) is 0 Å². The van der Waals surface area contributed by atoms with Gasteiger partial charge in [0.05, 0.1) is 17.6 Å². The zero-order chi connectivity index (χ0) is 21.1. The highest BCUT2D eigenvalue weighted by atomic mass is 19.4. The van der Waals surface area contributed by atoms with Gasteiger partial charge in [-0.05, 0) is 38.6 Å². The van der Waals surface area contributed by atoms with Crippen LogP contribution in [0.5, 0.6) is 0 Å². The summed E-state index contributed by atoms with van der Waals surface area (Å²) < 4.78 is 52.1. The molecule has 5 fully saturated rings. The van der Waals surface area contributed by atoms with E-state index in [4.69, 9.17) is 9.15 Å². The third-order valence-electron chi connectivity index (χ3n) is 6.89. The van der Waals surface area contributed by atoms with Gasteiger partial charge in [0.15, 0.2) is 0 Å². The number of hydrogen-bond donors (Lipinski definition) is 1. The van der Waals surface area contributed by atoms with Gasteiger partial charge in [-0.25, -0.2) is 0 Å². The van der Waals surface area contributed by atoms with Gasteiger partial charge in [0.1, 0.15) is 6.61 Å². The Kier molecular flexibility index (Phi) is 4.64. The Bertz CT molecular complexity index is 797. The van der Waals surface area contributed by atoms with E-state index in [1.165, 1.54) is 0 Å². The van der Waals surface area contributed by atoms with Crippen molar-refractivity contribution in [2.45, 2.75) is 74.5 Å². The molecule has 5 aliphatic rings. The highest BCUT2D eigenvalue weighted by Crippen LogP contribution is 2.67. The minimum atomic E-state index is -4.61. The fraction of sp³-hybridized carbons (Fsp3) is 0.842. The van der Waals surface area contributed by atoms with Crippen LogP contribution in [0.1, 0.15) is 56.7 Å². The lowest BCUT2D eigenvalue weighted by Gasteiger charge is -2.68. The molecular formula is C19H25F3N4O4. The average molecular weight is 430 g/mol. The molecule has 4 saturated carbocycles. The van der Waals surface area contributed by atoms with Gasteiger partial charge >= 0.3 is 6.36 Å². The van der Waals surface area contributed by atoms with E-state index in [-0.39, 0.29) is 48.3 Å². The van der Waals surface area contributed by atoms with E-state index in [1.807, 2.05) is 0 Å². The van der Waals surface area contributed by atoms with Crippen LogP contribution in [-0.4, -0.2) is 71.4 Å². The van der Waals surface area contributed by atoms with Crippen LogP contribution in [0.25, 0.3) is 0 Å². The van der Waals surface area contributed by atoms with Crippen molar-refractivity contribution in [1.29, 1.82) is 0 Å². The highest BCUT2D eigenvalue weighted by molar-refractivity contribution is 5.79. The molecule has 1 amide bonds. The summed E-state index contributed by atoms with van der Waals surface area (Å²) in [5.74, 6) is 0.616. The van der Waals surface area contributed by atoms with Crippen LogP contribution >= 0.6 is 0 Å². The van der Waals surface area contributed by atoms with Crippen molar-refractivity contribution >= 4 is 5.91 Å². The molecule has 8 nitrogen and oxygen atoms in total. The second-order valence-corrected chi connectivity index (χ2v) is 9.22. The molecule has 30 heavy (non-hydrogen) atoms. The molecule has 2 bridgehead atoms. The van der Waals surface area contributed by atoms with E-state index < -0.39 is 12.5 Å². The molecule has 0 atom stereocenters. The molecule has 166 valence electrons. The maximum Gasteiger partial charge on any atom is 0.522 e. The fourth-order valence-corrected chi connectivity index (χ4v) is 5.23. The zero-order valence-corrected chi connectivity index (χ0v) is 16.7. The molecule has 6 rings (SSSR count). The lowest BCUT2D eigenvalue weighted by molar-refractivity contribution is -0.352. The van der Waals surface area contributed by atoms with Gasteiger partial charge in [0.25, 0.3) is 0 Å². The normalized spacial score (nSPS) is 35.7. The molecular weight excluding hydrogens is 405 g/mol. The lowest BCUT2D eigenvalue weighted by atomic mass is 9.39. The lowest BCUT2D eigenvalue weighted by Crippen LogP contribution is -2.77. The molecule has 11 heteroatoms. The summed E-state index contributed by atoms with van der Waals surface area (Å²) in [7, 11) is 0. The largest absolute Gasteiger partial charge is 0.522 e. The van der Waals surface area contributed by atoms with E-state index >= 15 is 0 Å². The number of aromatic nitrogens is 2. The molecule has 1 N–H and O–H groups in total. The minimum absolute atomic E-state index is 0.0739. The quantitative estimate of drug-likeness (QED) is 0.673. The molecule has 2 heterocycles. The topological polar surface area (TPSA) is 89.7 Å². The molecule has 0 radical (unpaired) electrons. The number of alkyl halides is 3. The summed E-state index contributed by atoms with van der Waals surface area (Å²) in [6.07, 6.45) is -2.64. The van der Waals surface area contributed by atoms with Crippen molar-refractivity contribution in [1.82, 2.24) is 20.4 Å². The van der Waals surface area contributed by atoms with Gasteiger partial charge in [-0.3, -0.25) is 14.4 Å². The van der Waals surface area contributed by atoms with E-state index in [0.717, 1.165) is 38.9 Å². The molecule has 1 aromatic heterocycles. The fourth-order valence-electron chi connectivity index (χ4n) is 5.23. The first-order valence-corrected chi connectivity index (χ1v) is 10.4. The summed E-state index contributed by atoms with van der Waals surface area (Å²) in [5.41, 5.74) is -0.424. The van der Waals surface area contributed by atoms with Gasteiger partial charge in [-0.15, -0.1) is 23.4 Å². The number of nitrogens with one attached hydrogen (secondary N) is 1. The van der Waals surface area contributed by atoms with Crippen molar-refractivity contribution < 1.29 is 31.9 Å². The third kappa shape index (κ3) is 3.60. The highest BCUT2D eigenvalue weighted by Gasteiger charge is 2.71. The maximum atomic E-state index is 12.2. The van der Waals surface area contributed by atoms with Crippen molar-refractivity contribution in [2.75, 3.05) is 26.2 Å². The number of rotatable bonds is 8. The SMILES string of the molecule is CCN1CC(OCC(=O)NC23CC(c4nnc(C5CC(OC(F)(F)F)C5)o4)(C2)C3)C1. The van der Waals surface area contributed by atoms with Crippen LogP contribution in [0.3, 0.4) is 0 Å². The van der Waals surface area contributed by atoms with Gasteiger partial charge in [0.2, 0.25) is 17.7 Å². The number of hydrogen-bond acceptors (Lipinski definition) is 7. The van der Waals surface area contributed by atoms with Gasteiger partial charge in [-0.1, -0.05) is 6.92 Å². The first-order valence-electron chi connectivity index (χ1n) is 10.4. The summed E-state index contributed by atoms with van der Waals surface area (Å²) in [6.45, 7) is 4.92. The Labute approximate surface area is 171 Å². The number of likely N-dealkylation sites (N-methyl/N-ethyl adjacent to an activating group) is 1. The van der Waals surface area contributed by atoms with E-state index in [0.29, 0.717) is 11.8 Å². The predicted octanol–water partition coefficient (Wildman–Crippen LogP) is 1.86. The molecule has 1 saturated heterocycles. The second-order valence-electron chi connectivity index (χ2n) is 9.22. The van der Waals surface area contributed by atoms with Crippen LogP contribution in [0.4, 0.5) is 13.2 Å². The van der Waals surface area contributed by atoms with Gasteiger partial charge in [0, 0.05) is 24.5 Å². The first-order chi connectivity index (χ1) is 14.2. The molecule has 0 unspecified atom stereocenters. The average Bonchev–Trinajstić information content (AvgIpc) is 2.99. The molecule has 0 spiro atoms. The zero-order valence-electron chi connectivity index (χ0n) is 16.7. The van der Waals surface area contributed by atoms with E-state index in [1.54, 1.807) is 0 Å². The second kappa shape index (κ2) is 6.89. The molecule has 4 aliphatic carbocycles. The van der Waals surface area contributed by atoms with Crippen LogP contribution in [0.15, 0.2) is 4.42 Å². The summed E-state index contributed by atoms with van der Waals surface area (Å²) >= 11 is 0. The Hall–Kier alpha value is -1.72. The number of likely N-dealkylation sites (tertiary alicyclic amines) is 1. The van der Waals surface area contributed by atoms with Crippen LogP contribution < -0.4 is 5.32 Å². The minimum Gasteiger partial charge on any atom is -0.424 e. The monoisotopic (exact) mass is 430 g/mol. The van der Waals surface area contributed by atoms with Crippen LogP contribution in [0.2, 0.25) is 0 Å². The van der Waals surface area contributed by atoms with Crippen molar-refractivity contribution in [3.8, 4) is 0 Å². The number of nitrogens with zero attached hydrogens (tertiary/aromatic N) is 3. The summed E-state index contributed by atoms with van der Waals surface area (Å²) in [5, 5.41) is 11.2. The standard InChI is InChI=1S/C19H25F3N4O4/c1-2-26-5-13(6-26)28-7-14(27)23-18-8-17(9-18,10-18)16-25-24-15(29-16)11-3-12(4-11)30-19(20,21)22/h11-13H,2-10H2,1H3,(H,23,27). The van der Waals surface area contributed by atoms with E-state index in [9.17, 15) is 18.0 Å². The van der Waals surface area contributed by atoms with Crippen LogP contribution in [-0.2, 0) is 19.7 Å². The molecule has 0 aromatic carbocycles. The van der Waals surface area contributed by atoms with Crippen LogP contribution in [0, 0.1) is 0 Å². The molecule has 1 aliphatic heterocycles. The van der Waals surface area contributed by atoms with Crippen molar-refractivity contribution in [3.05, 3.63) is 11.8 Å². The maximum absolute atomic E-state index is 12.2. The first kappa shape index (κ1) is 20.2. The number of carbonyl (C=O) groups excluding carboxylic acids is 1. The predicted molar refractivity (Wildman–Crippen MR) is 95.5 cm³/mol. The Morgan fingerprint density at radius 3 is 2.57 bits per heavy atom.